The van der Waals surface area contributed by atoms with Crippen molar-refractivity contribution in [2.75, 3.05) is 49.5 Å². The van der Waals surface area contributed by atoms with E-state index in [0.717, 1.165) is 42.7 Å². The Labute approximate surface area is 197 Å². The van der Waals surface area contributed by atoms with E-state index in [9.17, 15) is 0 Å². The van der Waals surface area contributed by atoms with Crippen LogP contribution in [0.3, 0.4) is 0 Å². The average Bonchev–Trinajstić information content (AvgIpc) is 3.42. The van der Waals surface area contributed by atoms with Crippen LogP contribution in [0.5, 0.6) is 0 Å². The highest BCUT2D eigenvalue weighted by Gasteiger charge is 2.46. The molecule has 33 heavy (non-hydrogen) atoms. The van der Waals surface area contributed by atoms with Gasteiger partial charge >= 0.3 is 0 Å². The summed E-state index contributed by atoms with van der Waals surface area (Å²) < 4.78 is 5.99. The van der Waals surface area contributed by atoms with Gasteiger partial charge in [0.25, 0.3) is 6.01 Å². The molecule has 3 aromatic rings. The predicted octanol–water partition coefficient (Wildman–Crippen LogP) is 5.45. The van der Waals surface area contributed by atoms with Gasteiger partial charge in [-0.2, -0.15) is 4.98 Å². The van der Waals surface area contributed by atoms with Gasteiger partial charge in [0.15, 0.2) is 5.58 Å². The maximum Gasteiger partial charge on any atom is 0.298 e. The fraction of sp³-hybridized carbons (Fsp3) is 0.536. The van der Waals surface area contributed by atoms with Crippen molar-refractivity contribution < 1.29 is 4.42 Å². The van der Waals surface area contributed by atoms with E-state index >= 15 is 0 Å². The van der Waals surface area contributed by atoms with Crippen LogP contribution in [0.1, 0.15) is 43.7 Å². The largest absolute Gasteiger partial charge is 0.423 e. The molecule has 0 amide bonds. The van der Waals surface area contributed by atoms with Crippen molar-refractivity contribution in [1.29, 1.82) is 0 Å². The second kappa shape index (κ2) is 8.35. The molecule has 4 heterocycles. The molecule has 1 aromatic heterocycles. The van der Waals surface area contributed by atoms with E-state index in [4.69, 9.17) is 9.40 Å². The lowest BCUT2D eigenvalue weighted by atomic mass is 9.67. The quantitative estimate of drug-likeness (QED) is 0.580. The third kappa shape index (κ3) is 3.80. The predicted molar refractivity (Wildman–Crippen MR) is 135 cm³/mol. The van der Waals surface area contributed by atoms with Crippen molar-refractivity contribution in [1.82, 2.24) is 9.88 Å². The van der Waals surface area contributed by atoms with E-state index in [0.29, 0.717) is 11.3 Å². The third-order valence-electron chi connectivity index (χ3n) is 8.68. The minimum atomic E-state index is 0.324. The number of hydrogen-bond acceptors (Lipinski definition) is 5. The zero-order valence-electron chi connectivity index (χ0n) is 20.0. The molecule has 1 N–H and O–H groups in total. The number of fused-ring (bicyclic) bond motifs is 3. The fourth-order valence-electron chi connectivity index (χ4n) is 6.48. The number of piperidine rings is 2. The number of anilines is 2. The number of nitrogens with zero attached hydrogens (tertiary/aromatic N) is 3. The molecule has 3 aliphatic heterocycles. The van der Waals surface area contributed by atoms with Crippen LogP contribution in [0.15, 0.2) is 46.9 Å². The van der Waals surface area contributed by atoms with E-state index in [1.807, 2.05) is 24.3 Å². The highest BCUT2D eigenvalue weighted by molar-refractivity contribution is 5.74. The number of oxazole rings is 1. The van der Waals surface area contributed by atoms with E-state index in [1.54, 1.807) is 5.56 Å². The van der Waals surface area contributed by atoms with Crippen LogP contribution in [-0.4, -0.2) is 49.2 Å². The summed E-state index contributed by atoms with van der Waals surface area (Å²) in [5.41, 5.74) is 6.46. The first-order chi connectivity index (χ1) is 16.1. The van der Waals surface area contributed by atoms with Gasteiger partial charge in [-0.3, -0.25) is 0 Å². The Morgan fingerprint density at radius 1 is 1.12 bits per heavy atom. The van der Waals surface area contributed by atoms with Gasteiger partial charge < -0.3 is 19.5 Å². The average molecular weight is 445 g/mol. The van der Waals surface area contributed by atoms with Crippen molar-refractivity contribution in [2.45, 2.75) is 44.9 Å². The molecule has 1 spiro atoms. The summed E-state index contributed by atoms with van der Waals surface area (Å²) in [6.45, 7) is 11.6. The van der Waals surface area contributed by atoms with Crippen molar-refractivity contribution in [3.05, 3.63) is 53.6 Å². The summed E-state index contributed by atoms with van der Waals surface area (Å²) in [7, 11) is 0. The molecule has 0 bridgehead atoms. The van der Waals surface area contributed by atoms with Crippen LogP contribution >= 0.6 is 0 Å². The first-order valence-corrected chi connectivity index (χ1v) is 12.8. The van der Waals surface area contributed by atoms with Gasteiger partial charge in [0.2, 0.25) is 0 Å². The zero-order chi connectivity index (χ0) is 22.4. The van der Waals surface area contributed by atoms with Crippen molar-refractivity contribution >= 4 is 22.8 Å². The summed E-state index contributed by atoms with van der Waals surface area (Å²) in [5, 5.41) is 3.72. The molecule has 0 radical (unpaired) electrons. The van der Waals surface area contributed by atoms with Crippen LogP contribution in [0.2, 0.25) is 0 Å². The molecule has 2 fully saturated rings. The first kappa shape index (κ1) is 21.0. The molecule has 0 aliphatic carbocycles. The van der Waals surface area contributed by atoms with Gasteiger partial charge in [-0.05, 0) is 86.9 Å². The van der Waals surface area contributed by atoms with Gasteiger partial charge in [-0.1, -0.05) is 31.2 Å². The Hall–Kier alpha value is -2.53. The number of aromatic nitrogens is 1. The van der Waals surface area contributed by atoms with Gasteiger partial charge in [-0.25, -0.2) is 0 Å². The van der Waals surface area contributed by atoms with Crippen LogP contribution < -0.4 is 10.2 Å². The number of nitrogens with one attached hydrogen (secondary N) is 1. The lowest BCUT2D eigenvalue weighted by molar-refractivity contribution is 0.104. The summed E-state index contributed by atoms with van der Waals surface area (Å²) in [6.07, 6.45) is 5.06. The third-order valence-corrected chi connectivity index (χ3v) is 8.68. The van der Waals surface area contributed by atoms with E-state index < -0.39 is 0 Å². The zero-order valence-corrected chi connectivity index (χ0v) is 20.0. The first-order valence-electron chi connectivity index (χ1n) is 12.8. The standard InChI is InChI=1S/C28H36N4O/c1-20-7-8-23-25(17-20)29-19-28(23)12-16-31(18-21(28)2)13-9-22-10-14-32(15-11-22)27-30-24-5-3-4-6-26(24)33-27/h3-8,17,21-22,29H,9-16,18-19H2,1-2H3. The summed E-state index contributed by atoms with van der Waals surface area (Å²) >= 11 is 0. The Morgan fingerprint density at radius 2 is 1.97 bits per heavy atom. The Bertz CT molecular complexity index is 1100. The second-order valence-corrected chi connectivity index (χ2v) is 10.7. The molecular weight excluding hydrogens is 408 g/mol. The van der Waals surface area contributed by atoms with Crippen molar-refractivity contribution in [3.63, 3.8) is 0 Å². The highest BCUT2D eigenvalue weighted by atomic mass is 16.4. The van der Waals surface area contributed by atoms with Crippen LogP contribution in [-0.2, 0) is 5.41 Å². The maximum atomic E-state index is 5.99. The Balaban J connectivity index is 1.01. The molecule has 5 heteroatoms. The van der Waals surface area contributed by atoms with E-state index in [2.05, 4.69) is 47.2 Å². The minimum absolute atomic E-state index is 0.324. The van der Waals surface area contributed by atoms with Crippen LogP contribution in [0.25, 0.3) is 11.1 Å². The van der Waals surface area contributed by atoms with Gasteiger partial charge in [-0.15, -0.1) is 0 Å². The smallest absolute Gasteiger partial charge is 0.298 e. The number of rotatable bonds is 4. The molecule has 174 valence electrons. The molecule has 3 aliphatic rings. The van der Waals surface area contributed by atoms with Gasteiger partial charge in [0, 0.05) is 37.3 Å². The van der Waals surface area contributed by atoms with Gasteiger partial charge in [0.1, 0.15) is 5.52 Å². The highest BCUT2D eigenvalue weighted by Crippen LogP contribution is 2.47. The van der Waals surface area contributed by atoms with Crippen molar-refractivity contribution in [2.24, 2.45) is 11.8 Å². The molecule has 2 unspecified atom stereocenters. The number of benzene rings is 2. The number of para-hydroxylation sites is 2. The normalized spacial score (nSPS) is 26.1. The Kier molecular flexibility index (Phi) is 5.33. The molecule has 2 aromatic carbocycles. The molecule has 5 nitrogen and oxygen atoms in total. The monoisotopic (exact) mass is 444 g/mol. The topological polar surface area (TPSA) is 44.5 Å². The van der Waals surface area contributed by atoms with Crippen LogP contribution in [0, 0.1) is 18.8 Å². The SMILES string of the molecule is Cc1ccc2c(c1)NCC21CCN(CCC2CCN(c3nc4ccccc4o3)CC2)CC1C. The van der Waals surface area contributed by atoms with E-state index in [1.165, 1.54) is 56.6 Å². The van der Waals surface area contributed by atoms with Crippen LogP contribution in [0.4, 0.5) is 11.7 Å². The number of likely N-dealkylation sites (tertiary alicyclic amines) is 1. The number of hydrogen-bond donors (Lipinski definition) is 1. The van der Waals surface area contributed by atoms with Crippen molar-refractivity contribution in [3.8, 4) is 0 Å². The molecular formula is C28H36N4O. The summed E-state index contributed by atoms with van der Waals surface area (Å²) in [5.74, 6) is 1.50. The lowest BCUT2D eigenvalue weighted by Gasteiger charge is -2.45. The molecule has 0 saturated carbocycles. The summed E-state index contributed by atoms with van der Waals surface area (Å²) in [4.78, 5) is 9.75. The lowest BCUT2D eigenvalue weighted by Crippen LogP contribution is -2.50. The fourth-order valence-corrected chi connectivity index (χ4v) is 6.48. The van der Waals surface area contributed by atoms with Gasteiger partial charge in [0.05, 0.1) is 0 Å². The minimum Gasteiger partial charge on any atom is -0.423 e. The molecule has 2 atom stereocenters. The van der Waals surface area contributed by atoms with E-state index in [-0.39, 0.29) is 0 Å². The maximum absolute atomic E-state index is 5.99. The Morgan fingerprint density at radius 3 is 2.79 bits per heavy atom. The molecule has 2 saturated heterocycles. The number of aryl methyl sites for hydroxylation is 1. The molecule has 6 rings (SSSR count). The second-order valence-electron chi connectivity index (χ2n) is 10.7. The summed E-state index contributed by atoms with van der Waals surface area (Å²) in [6, 6.07) is 15.9.